The number of H-pyrrole nitrogens is 2. The first-order valence-electron chi connectivity index (χ1n) is 18.3. The molecule has 3 aromatic heterocycles. The van der Waals surface area contributed by atoms with Gasteiger partial charge < -0.3 is 9.97 Å². The first kappa shape index (κ1) is 30.6. The molecular weight excluding hydrogens is 609 g/mol. The average Bonchev–Trinajstić information content (AvgIpc) is 3.84. The Morgan fingerprint density at radius 2 is 1.18 bits per heavy atom. The normalized spacial score (nSPS) is 12.8. The van der Waals surface area contributed by atoms with Gasteiger partial charge in [0, 0.05) is 44.0 Å². The zero-order valence-corrected chi connectivity index (χ0v) is 29.4. The van der Waals surface area contributed by atoms with Crippen molar-refractivity contribution in [2.45, 2.75) is 66.2 Å². The Morgan fingerprint density at radius 3 is 2.00 bits per heavy atom. The van der Waals surface area contributed by atoms with E-state index in [1.54, 1.807) is 0 Å². The quantitative estimate of drug-likeness (QED) is 0.188. The third-order valence-electron chi connectivity index (χ3n) is 11.0. The van der Waals surface area contributed by atoms with Crippen LogP contribution in [0.4, 0.5) is 0 Å². The SMILES string of the molecule is CCCCC1=C(C)c2cc3[nH]c(cc4nc(cc5[nH]c(cc1n2)c(CCCC)c5C)-c1ccc2ccccc2c1-4)c1c2ccccc2ccc31. The summed E-state index contributed by atoms with van der Waals surface area (Å²) in [5.41, 5.74) is 16.2. The number of hydrogen-bond acceptors (Lipinski definition) is 2. The highest BCUT2D eigenvalue weighted by molar-refractivity contribution is 6.21. The molecule has 0 radical (unpaired) electrons. The molecule has 8 bridgehead atoms. The number of allylic oxidation sites excluding steroid dienone is 2. The van der Waals surface area contributed by atoms with Crippen molar-refractivity contribution in [2.75, 3.05) is 0 Å². The molecule has 4 heteroatoms. The van der Waals surface area contributed by atoms with E-state index in [1.807, 2.05) is 0 Å². The van der Waals surface area contributed by atoms with Crippen molar-refractivity contribution in [1.82, 2.24) is 19.9 Å². The summed E-state index contributed by atoms with van der Waals surface area (Å²) >= 11 is 0. The monoisotopic (exact) mass is 650 g/mol. The van der Waals surface area contributed by atoms with Gasteiger partial charge in [0.1, 0.15) is 0 Å². The van der Waals surface area contributed by atoms with Gasteiger partial charge in [0.25, 0.3) is 0 Å². The summed E-state index contributed by atoms with van der Waals surface area (Å²) in [5, 5.41) is 7.31. The Morgan fingerprint density at radius 1 is 0.540 bits per heavy atom. The summed E-state index contributed by atoms with van der Waals surface area (Å²) in [6.07, 6.45) is 6.64. The highest BCUT2D eigenvalue weighted by Gasteiger charge is 2.22. The van der Waals surface area contributed by atoms with Crippen LogP contribution in [0.2, 0.25) is 0 Å². The largest absolute Gasteiger partial charge is 0.355 e. The summed E-state index contributed by atoms with van der Waals surface area (Å²) in [4.78, 5) is 18.6. The molecule has 246 valence electrons. The molecule has 5 heterocycles. The predicted molar refractivity (Wildman–Crippen MR) is 213 cm³/mol. The number of fused-ring (bicyclic) bond motifs is 18. The lowest BCUT2D eigenvalue weighted by Gasteiger charge is -2.05. The second-order valence-electron chi connectivity index (χ2n) is 14.1. The van der Waals surface area contributed by atoms with Crippen LogP contribution in [0.3, 0.4) is 0 Å². The molecule has 0 saturated carbocycles. The molecule has 7 aromatic rings. The highest BCUT2D eigenvalue weighted by atomic mass is 14.8. The number of unbranched alkanes of at least 4 members (excludes halogenated alkanes) is 2. The first-order valence-corrected chi connectivity index (χ1v) is 18.3. The minimum atomic E-state index is 0.978. The van der Waals surface area contributed by atoms with E-state index in [1.165, 1.54) is 71.2 Å². The molecule has 0 fully saturated rings. The summed E-state index contributed by atoms with van der Waals surface area (Å²) in [7, 11) is 0. The van der Waals surface area contributed by atoms with Gasteiger partial charge >= 0.3 is 0 Å². The van der Waals surface area contributed by atoms with E-state index in [0.717, 1.165) is 77.9 Å². The zero-order valence-electron chi connectivity index (χ0n) is 29.4. The lowest BCUT2D eigenvalue weighted by molar-refractivity contribution is 0.796. The molecule has 0 spiro atoms. The predicted octanol–water partition coefficient (Wildman–Crippen LogP) is 12.9. The topological polar surface area (TPSA) is 57.4 Å². The fourth-order valence-corrected chi connectivity index (χ4v) is 8.23. The number of aryl methyl sites for hydroxylation is 2. The van der Waals surface area contributed by atoms with Gasteiger partial charge in [-0.1, -0.05) is 99.5 Å². The van der Waals surface area contributed by atoms with E-state index in [4.69, 9.17) is 9.97 Å². The Hall–Kier alpha value is -5.48. The van der Waals surface area contributed by atoms with Crippen LogP contribution in [0.15, 0.2) is 97.1 Å². The molecule has 0 amide bonds. The number of rotatable bonds is 6. The van der Waals surface area contributed by atoms with Crippen LogP contribution in [0.1, 0.15) is 75.4 Å². The molecule has 2 N–H and O–H groups in total. The first-order chi connectivity index (χ1) is 24.5. The van der Waals surface area contributed by atoms with E-state index >= 15 is 0 Å². The van der Waals surface area contributed by atoms with Crippen LogP contribution in [0.25, 0.3) is 88.0 Å². The van der Waals surface area contributed by atoms with E-state index in [-0.39, 0.29) is 0 Å². The van der Waals surface area contributed by atoms with Crippen molar-refractivity contribution in [3.8, 4) is 22.5 Å². The molecule has 0 atom stereocenters. The number of aromatic amines is 2. The second kappa shape index (κ2) is 12.1. The van der Waals surface area contributed by atoms with Gasteiger partial charge in [-0.05, 0) is 108 Å². The standard InChI is InChI=1S/C46H42N4/c1-5-7-15-31-27(3)37-23-41-35-21-19-29-13-9-11-17-33(29)45(35)43(49-41)26-44-46-34-18-12-10-14-30(34)20-22-36(46)42(50-44)24-38-28(4)32(16-8-6-2)40(48-38)25-39(31)47-37/h9-14,17-26,47,50H,5-8,15-16H2,1-4H3. The summed E-state index contributed by atoms with van der Waals surface area (Å²) in [6, 6.07) is 35.5. The zero-order chi connectivity index (χ0) is 33.9. The van der Waals surface area contributed by atoms with Gasteiger partial charge in [-0.2, -0.15) is 0 Å². The Kier molecular flexibility index (Phi) is 7.42. The van der Waals surface area contributed by atoms with Crippen molar-refractivity contribution >= 4 is 65.5 Å². The van der Waals surface area contributed by atoms with Crippen molar-refractivity contribution in [1.29, 1.82) is 0 Å². The average molecular weight is 651 g/mol. The number of hydrogen-bond donors (Lipinski definition) is 2. The lowest BCUT2D eigenvalue weighted by Crippen LogP contribution is -1.87. The Bertz CT molecular complexity index is 2700. The van der Waals surface area contributed by atoms with Crippen LogP contribution >= 0.6 is 0 Å². The maximum atomic E-state index is 5.45. The van der Waals surface area contributed by atoms with Gasteiger partial charge in [0.15, 0.2) is 0 Å². The van der Waals surface area contributed by atoms with Crippen molar-refractivity contribution in [3.05, 3.63) is 120 Å². The molecule has 4 aromatic carbocycles. The Labute approximate surface area is 293 Å². The van der Waals surface area contributed by atoms with Crippen molar-refractivity contribution < 1.29 is 0 Å². The van der Waals surface area contributed by atoms with Gasteiger partial charge in [0.05, 0.1) is 22.8 Å². The van der Waals surface area contributed by atoms with Crippen LogP contribution in [-0.4, -0.2) is 19.9 Å². The molecule has 2 aliphatic heterocycles. The lowest BCUT2D eigenvalue weighted by atomic mass is 9.96. The van der Waals surface area contributed by atoms with Crippen molar-refractivity contribution in [2.24, 2.45) is 0 Å². The third-order valence-corrected chi connectivity index (χ3v) is 11.0. The van der Waals surface area contributed by atoms with E-state index < -0.39 is 0 Å². The summed E-state index contributed by atoms with van der Waals surface area (Å²) in [5.74, 6) is 0. The van der Waals surface area contributed by atoms with Crippen LogP contribution in [0, 0.1) is 6.92 Å². The fourth-order valence-electron chi connectivity index (χ4n) is 8.23. The summed E-state index contributed by atoms with van der Waals surface area (Å²) < 4.78 is 0. The number of aromatic nitrogens is 4. The van der Waals surface area contributed by atoms with Gasteiger partial charge in [0.2, 0.25) is 0 Å². The number of benzene rings is 4. The van der Waals surface area contributed by atoms with Crippen LogP contribution < -0.4 is 0 Å². The molecule has 0 saturated heterocycles. The fraction of sp³-hybridized carbons (Fsp3) is 0.217. The van der Waals surface area contributed by atoms with E-state index in [9.17, 15) is 0 Å². The highest BCUT2D eigenvalue weighted by Crippen LogP contribution is 2.43. The molecule has 50 heavy (non-hydrogen) atoms. The van der Waals surface area contributed by atoms with Crippen LogP contribution in [-0.2, 0) is 6.42 Å². The maximum absolute atomic E-state index is 5.45. The maximum Gasteiger partial charge on any atom is 0.0743 e. The van der Waals surface area contributed by atoms with Gasteiger partial charge in [-0.3, -0.25) is 0 Å². The molecule has 0 aliphatic carbocycles. The number of nitrogens with one attached hydrogen (secondary N) is 2. The second-order valence-corrected chi connectivity index (χ2v) is 14.1. The van der Waals surface area contributed by atoms with Gasteiger partial charge in [-0.25, -0.2) is 9.97 Å². The molecule has 4 nitrogen and oxygen atoms in total. The Balaban J connectivity index is 1.47. The van der Waals surface area contributed by atoms with Crippen molar-refractivity contribution in [3.63, 3.8) is 0 Å². The third kappa shape index (κ3) is 4.88. The molecule has 0 unspecified atom stereocenters. The minimum Gasteiger partial charge on any atom is -0.355 e. The van der Waals surface area contributed by atoms with Gasteiger partial charge in [-0.15, -0.1) is 0 Å². The molecular formula is C46H42N4. The molecule has 9 rings (SSSR count). The molecule has 2 aliphatic rings. The smallest absolute Gasteiger partial charge is 0.0743 e. The van der Waals surface area contributed by atoms with E-state index in [0.29, 0.717) is 0 Å². The summed E-state index contributed by atoms with van der Waals surface area (Å²) in [6.45, 7) is 9.07. The minimum absolute atomic E-state index is 0.978. The van der Waals surface area contributed by atoms with E-state index in [2.05, 4.69) is 135 Å². The van der Waals surface area contributed by atoms with Crippen LogP contribution in [0.5, 0.6) is 0 Å². The number of nitrogens with zero attached hydrogens (tertiary/aromatic N) is 2.